The van der Waals surface area contributed by atoms with Crippen LogP contribution in [-0.4, -0.2) is 10.9 Å². The van der Waals surface area contributed by atoms with Gasteiger partial charge in [-0.1, -0.05) is 28.1 Å². The Hall–Kier alpha value is -0.360. The number of halogens is 3. The third-order valence-corrected chi connectivity index (χ3v) is 4.79. The molecule has 2 rings (SSSR count). The van der Waals surface area contributed by atoms with Crippen LogP contribution in [0.2, 0.25) is 0 Å². The van der Waals surface area contributed by atoms with E-state index in [1.54, 1.807) is 18.2 Å². The van der Waals surface area contributed by atoms with Crippen LogP contribution in [0.3, 0.4) is 0 Å². The van der Waals surface area contributed by atoms with Crippen LogP contribution in [0.5, 0.6) is 0 Å². The summed E-state index contributed by atoms with van der Waals surface area (Å²) in [6.45, 7) is 0. The fraction of sp³-hybridized carbons (Fsp3) is 0.143. The molecule has 1 atom stereocenters. The van der Waals surface area contributed by atoms with Gasteiger partial charge in [0.1, 0.15) is 5.82 Å². The molecule has 1 unspecified atom stereocenters. The first-order chi connectivity index (χ1) is 9.08. The second-order valence-electron chi connectivity index (χ2n) is 3.92. The summed E-state index contributed by atoms with van der Waals surface area (Å²) >= 11 is 7.98. The van der Waals surface area contributed by atoms with Crippen molar-refractivity contribution in [2.24, 2.45) is 0 Å². The average Bonchev–Trinajstić information content (AvgIpc) is 2.41. The molecule has 0 aromatic heterocycles. The second kappa shape index (κ2) is 6.88. The second-order valence-corrected chi connectivity index (χ2v) is 6.79. The Morgan fingerprint density at radius 2 is 1.79 bits per heavy atom. The lowest BCUT2D eigenvalue weighted by atomic mass is 10.1. The van der Waals surface area contributed by atoms with E-state index in [1.165, 1.54) is 11.8 Å². The van der Waals surface area contributed by atoms with E-state index in [2.05, 4.69) is 31.9 Å². The molecule has 0 spiro atoms. The predicted octanol–water partition coefficient (Wildman–Crippen LogP) is 5.18. The maximum Gasteiger partial charge on any atom is 0.143 e. The number of hydrogen-bond donors (Lipinski definition) is 1. The molecule has 0 fully saturated rings. The van der Waals surface area contributed by atoms with Crippen molar-refractivity contribution in [3.05, 3.63) is 62.8 Å². The van der Waals surface area contributed by atoms with Crippen LogP contribution >= 0.6 is 43.6 Å². The van der Waals surface area contributed by atoms with Gasteiger partial charge < -0.3 is 5.11 Å². The van der Waals surface area contributed by atoms with Gasteiger partial charge in [-0.15, -0.1) is 11.8 Å². The summed E-state index contributed by atoms with van der Waals surface area (Å²) in [5.41, 5.74) is 0.319. The van der Waals surface area contributed by atoms with Gasteiger partial charge in [-0.25, -0.2) is 4.39 Å². The Bertz CT molecular complexity index is 560. The van der Waals surface area contributed by atoms with Crippen LogP contribution < -0.4 is 0 Å². The lowest BCUT2D eigenvalue weighted by molar-refractivity contribution is 0.198. The maximum absolute atomic E-state index is 13.8. The molecular formula is C14H11Br2FOS. The molecule has 1 nitrogen and oxygen atoms in total. The maximum atomic E-state index is 13.8. The number of hydrogen-bond acceptors (Lipinski definition) is 2. The third kappa shape index (κ3) is 4.05. The first-order valence-corrected chi connectivity index (χ1v) is 8.15. The van der Waals surface area contributed by atoms with Crippen LogP contribution in [0.25, 0.3) is 0 Å². The average molecular weight is 406 g/mol. The molecule has 19 heavy (non-hydrogen) atoms. The number of aliphatic hydroxyl groups is 1. The van der Waals surface area contributed by atoms with Crippen LogP contribution in [0.15, 0.2) is 56.3 Å². The zero-order chi connectivity index (χ0) is 13.8. The summed E-state index contributed by atoms with van der Waals surface area (Å²) in [5, 5.41) is 10.1. The van der Waals surface area contributed by atoms with Crippen molar-refractivity contribution < 1.29 is 9.50 Å². The highest BCUT2D eigenvalue weighted by molar-refractivity contribution is 9.10. The molecule has 0 heterocycles. The number of aliphatic hydroxyl groups excluding tert-OH is 1. The van der Waals surface area contributed by atoms with Crippen molar-refractivity contribution in [1.29, 1.82) is 0 Å². The van der Waals surface area contributed by atoms with E-state index in [1.807, 2.05) is 24.3 Å². The lowest BCUT2D eigenvalue weighted by Crippen LogP contribution is -2.03. The summed E-state index contributed by atoms with van der Waals surface area (Å²) in [4.78, 5) is 1.04. The van der Waals surface area contributed by atoms with Gasteiger partial charge >= 0.3 is 0 Å². The van der Waals surface area contributed by atoms with E-state index in [9.17, 15) is 9.50 Å². The third-order valence-electron chi connectivity index (χ3n) is 2.56. The summed E-state index contributed by atoms with van der Waals surface area (Å²) in [5.74, 6) is 0.0149. The van der Waals surface area contributed by atoms with Crippen molar-refractivity contribution >= 4 is 43.6 Å². The minimum absolute atomic E-state index is 0.319. The summed E-state index contributed by atoms with van der Waals surface area (Å²) in [6.07, 6.45) is -0.828. The van der Waals surface area contributed by atoms with Crippen LogP contribution in [0.1, 0.15) is 11.7 Å². The molecule has 1 N–H and O–H groups in total. The molecule has 2 aromatic rings. The van der Waals surface area contributed by atoms with E-state index >= 15 is 0 Å². The highest BCUT2D eigenvalue weighted by atomic mass is 79.9. The molecule has 0 amide bonds. The molecular weight excluding hydrogens is 395 g/mol. The Balaban J connectivity index is 2.03. The quantitative estimate of drug-likeness (QED) is 0.707. The number of thioether (sulfide) groups is 1. The molecule has 0 aliphatic carbocycles. The van der Waals surface area contributed by atoms with E-state index in [0.29, 0.717) is 15.8 Å². The zero-order valence-electron chi connectivity index (χ0n) is 9.82. The summed E-state index contributed by atoms with van der Waals surface area (Å²) in [7, 11) is 0. The van der Waals surface area contributed by atoms with E-state index in [-0.39, 0.29) is 0 Å². The Morgan fingerprint density at radius 1 is 1.11 bits per heavy atom. The SMILES string of the molecule is OC(CSc1ccc(Br)cc1)c1cccc(Br)c1F. The largest absolute Gasteiger partial charge is 0.387 e. The van der Waals surface area contributed by atoms with Crippen molar-refractivity contribution in [2.75, 3.05) is 5.75 Å². The molecule has 0 bridgehead atoms. The number of rotatable bonds is 4. The fourth-order valence-corrected chi connectivity index (χ4v) is 3.08. The van der Waals surface area contributed by atoms with Gasteiger partial charge in [-0.3, -0.25) is 0 Å². The molecule has 0 saturated heterocycles. The fourth-order valence-electron chi connectivity index (χ4n) is 1.57. The van der Waals surface area contributed by atoms with Crippen molar-refractivity contribution in [3.63, 3.8) is 0 Å². The molecule has 0 saturated carbocycles. The van der Waals surface area contributed by atoms with Crippen LogP contribution in [0, 0.1) is 5.82 Å². The molecule has 2 aromatic carbocycles. The first-order valence-electron chi connectivity index (χ1n) is 5.58. The molecule has 5 heteroatoms. The van der Waals surface area contributed by atoms with Crippen molar-refractivity contribution in [3.8, 4) is 0 Å². The number of benzene rings is 2. The Morgan fingerprint density at radius 3 is 2.47 bits per heavy atom. The standard InChI is InChI=1S/C14H11Br2FOS/c15-9-4-6-10(7-5-9)19-8-13(18)11-2-1-3-12(16)14(11)17/h1-7,13,18H,8H2. The summed E-state index contributed by atoms with van der Waals surface area (Å²) < 4.78 is 15.2. The van der Waals surface area contributed by atoms with Gasteiger partial charge in [0.15, 0.2) is 0 Å². The summed E-state index contributed by atoms with van der Waals surface area (Å²) in [6, 6.07) is 12.7. The molecule has 0 aliphatic heterocycles. The lowest BCUT2D eigenvalue weighted by Gasteiger charge is -2.12. The van der Waals surface area contributed by atoms with Gasteiger partial charge in [-0.2, -0.15) is 0 Å². The van der Waals surface area contributed by atoms with Gasteiger partial charge in [0.25, 0.3) is 0 Å². The van der Waals surface area contributed by atoms with E-state index < -0.39 is 11.9 Å². The van der Waals surface area contributed by atoms with Gasteiger partial charge in [-0.05, 0) is 46.3 Å². The van der Waals surface area contributed by atoms with Crippen molar-refractivity contribution in [1.82, 2.24) is 0 Å². The van der Waals surface area contributed by atoms with Crippen LogP contribution in [0.4, 0.5) is 4.39 Å². The predicted molar refractivity (Wildman–Crippen MR) is 83.9 cm³/mol. The molecule has 100 valence electrons. The minimum Gasteiger partial charge on any atom is -0.387 e. The molecule has 0 aliphatic rings. The van der Waals surface area contributed by atoms with Gasteiger partial charge in [0.2, 0.25) is 0 Å². The zero-order valence-corrected chi connectivity index (χ0v) is 13.8. The van der Waals surface area contributed by atoms with E-state index in [0.717, 1.165) is 9.37 Å². The van der Waals surface area contributed by atoms with Gasteiger partial charge in [0, 0.05) is 20.7 Å². The smallest absolute Gasteiger partial charge is 0.143 e. The Kier molecular flexibility index (Phi) is 5.45. The minimum atomic E-state index is -0.828. The Labute approximate surface area is 132 Å². The normalized spacial score (nSPS) is 12.4. The van der Waals surface area contributed by atoms with Crippen molar-refractivity contribution in [2.45, 2.75) is 11.0 Å². The first kappa shape index (κ1) is 15.0. The monoisotopic (exact) mass is 404 g/mol. The highest BCUT2D eigenvalue weighted by Gasteiger charge is 2.14. The highest BCUT2D eigenvalue weighted by Crippen LogP contribution is 2.29. The topological polar surface area (TPSA) is 20.2 Å². The molecule has 0 radical (unpaired) electrons. The van der Waals surface area contributed by atoms with Crippen LogP contribution in [-0.2, 0) is 0 Å². The van der Waals surface area contributed by atoms with Gasteiger partial charge in [0.05, 0.1) is 10.6 Å². The van der Waals surface area contributed by atoms with E-state index in [4.69, 9.17) is 0 Å².